The molecule has 1 amide bonds. The Bertz CT molecular complexity index is 485. The van der Waals surface area contributed by atoms with Gasteiger partial charge in [0.2, 0.25) is 5.91 Å². The highest BCUT2D eigenvalue weighted by Crippen LogP contribution is 2.22. The molecule has 0 aromatic heterocycles. The van der Waals surface area contributed by atoms with Crippen LogP contribution in [0.15, 0.2) is 24.3 Å². The molecule has 0 saturated carbocycles. The van der Waals surface area contributed by atoms with E-state index in [1.54, 1.807) is 0 Å². The van der Waals surface area contributed by atoms with Gasteiger partial charge in [0, 0.05) is 18.7 Å². The Kier molecular flexibility index (Phi) is 4.85. The van der Waals surface area contributed by atoms with Crippen molar-refractivity contribution in [3.8, 4) is 0 Å². The molecule has 1 heterocycles. The van der Waals surface area contributed by atoms with Gasteiger partial charge in [0.05, 0.1) is 6.61 Å². The summed E-state index contributed by atoms with van der Waals surface area (Å²) < 4.78 is 11.1. The van der Waals surface area contributed by atoms with Crippen molar-refractivity contribution in [2.75, 3.05) is 18.9 Å². The van der Waals surface area contributed by atoms with Gasteiger partial charge in [0.25, 0.3) is 0 Å². The fraction of sp³-hybridized carbons (Fsp3) is 0.562. The number of benzene rings is 1. The van der Waals surface area contributed by atoms with Crippen LogP contribution in [0.5, 0.6) is 0 Å². The largest absolute Gasteiger partial charge is 0.399 e. The van der Waals surface area contributed by atoms with Gasteiger partial charge in [0.15, 0.2) is 5.79 Å². The molecule has 1 fully saturated rings. The monoisotopic (exact) mass is 292 g/mol. The predicted octanol–water partition coefficient (Wildman–Crippen LogP) is 2.03. The molecule has 5 nitrogen and oxygen atoms in total. The van der Waals surface area contributed by atoms with Gasteiger partial charge in [-0.15, -0.1) is 0 Å². The fourth-order valence-corrected chi connectivity index (χ4v) is 2.38. The standard InChI is InChI=1S/C16H24N2O3/c1-11(12-4-6-13(17)7-5-12)8-15(19)18-9-14-10-20-16(2,3)21-14/h4-7,11,14H,8-10,17H2,1-3H3,(H,18,19). The fourth-order valence-electron chi connectivity index (χ4n) is 2.38. The molecule has 1 aromatic carbocycles. The van der Waals surface area contributed by atoms with Crippen molar-refractivity contribution in [3.05, 3.63) is 29.8 Å². The Morgan fingerprint density at radius 3 is 2.67 bits per heavy atom. The molecule has 0 bridgehead atoms. The first-order valence-corrected chi connectivity index (χ1v) is 7.29. The highest BCUT2D eigenvalue weighted by Gasteiger charge is 2.32. The second kappa shape index (κ2) is 6.45. The number of nitrogens with one attached hydrogen (secondary N) is 1. The van der Waals surface area contributed by atoms with E-state index in [1.165, 1.54) is 0 Å². The predicted molar refractivity (Wildman–Crippen MR) is 81.8 cm³/mol. The third-order valence-corrected chi connectivity index (χ3v) is 3.59. The van der Waals surface area contributed by atoms with Crippen LogP contribution in [0, 0.1) is 0 Å². The minimum atomic E-state index is -0.549. The van der Waals surface area contributed by atoms with Crippen molar-refractivity contribution in [2.24, 2.45) is 0 Å². The molecule has 5 heteroatoms. The van der Waals surface area contributed by atoms with Crippen LogP contribution in [0.3, 0.4) is 0 Å². The van der Waals surface area contributed by atoms with Crippen molar-refractivity contribution in [1.82, 2.24) is 5.32 Å². The van der Waals surface area contributed by atoms with Crippen molar-refractivity contribution in [2.45, 2.75) is 45.0 Å². The highest BCUT2D eigenvalue weighted by atomic mass is 16.7. The first kappa shape index (κ1) is 15.8. The Morgan fingerprint density at radius 1 is 1.43 bits per heavy atom. The zero-order chi connectivity index (χ0) is 15.5. The van der Waals surface area contributed by atoms with Crippen molar-refractivity contribution < 1.29 is 14.3 Å². The summed E-state index contributed by atoms with van der Waals surface area (Å²) in [6.45, 7) is 6.77. The Labute approximate surface area is 125 Å². The zero-order valence-electron chi connectivity index (χ0n) is 12.9. The van der Waals surface area contributed by atoms with Gasteiger partial charge in [-0.25, -0.2) is 0 Å². The van der Waals surface area contributed by atoms with Crippen LogP contribution in [0.25, 0.3) is 0 Å². The molecule has 2 unspecified atom stereocenters. The summed E-state index contributed by atoms with van der Waals surface area (Å²) in [5.41, 5.74) is 7.51. The van der Waals surface area contributed by atoms with Gasteiger partial charge in [-0.3, -0.25) is 4.79 Å². The molecule has 116 valence electrons. The molecule has 2 rings (SSSR count). The van der Waals surface area contributed by atoms with Crippen LogP contribution in [0.2, 0.25) is 0 Å². The quantitative estimate of drug-likeness (QED) is 0.814. The first-order chi connectivity index (χ1) is 9.85. The van der Waals surface area contributed by atoms with E-state index in [0.717, 1.165) is 11.3 Å². The zero-order valence-corrected chi connectivity index (χ0v) is 12.9. The lowest BCUT2D eigenvalue weighted by Crippen LogP contribution is -2.34. The van der Waals surface area contributed by atoms with E-state index < -0.39 is 5.79 Å². The van der Waals surface area contributed by atoms with E-state index in [9.17, 15) is 4.79 Å². The van der Waals surface area contributed by atoms with Gasteiger partial charge in [0.1, 0.15) is 6.10 Å². The molecule has 0 spiro atoms. The lowest BCUT2D eigenvalue weighted by atomic mass is 9.97. The maximum Gasteiger partial charge on any atom is 0.220 e. The number of carbonyl (C=O) groups excluding carboxylic acids is 1. The van der Waals surface area contributed by atoms with Crippen LogP contribution in [-0.2, 0) is 14.3 Å². The molecule has 1 aliphatic heterocycles. The maximum atomic E-state index is 12.0. The summed E-state index contributed by atoms with van der Waals surface area (Å²) in [6, 6.07) is 7.64. The Balaban J connectivity index is 1.75. The van der Waals surface area contributed by atoms with Gasteiger partial charge in [-0.05, 0) is 37.5 Å². The number of anilines is 1. The van der Waals surface area contributed by atoms with Crippen molar-refractivity contribution in [1.29, 1.82) is 0 Å². The molecule has 1 aromatic rings. The number of hydrogen-bond acceptors (Lipinski definition) is 4. The number of rotatable bonds is 5. The van der Waals surface area contributed by atoms with Gasteiger partial charge in [-0.2, -0.15) is 0 Å². The van der Waals surface area contributed by atoms with E-state index in [-0.39, 0.29) is 17.9 Å². The van der Waals surface area contributed by atoms with E-state index in [1.807, 2.05) is 45.0 Å². The third kappa shape index (κ3) is 4.72. The molecule has 0 aliphatic carbocycles. The molecule has 21 heavy (non-hydrogen) atoms. The number of ether oxygens (including phenoxy) is 2. The minimum absolute atomic E-state index is 0.0210. The van der Waals surface area contributed by atoms with Gasteiger partial charge in [-0.1, -0.05) is 19.1 Å². The number of nitrogens with two attached hydrogens (primary N) is 1. The first-order valence-electron chi connectivity index (χ1n) is 7.29. The summed E-state index contributed by atoms with van der Waals surface area (Å²) in [7, 11) is 0. The normalized spacial score (nSPS) is 22.0. The van der Waals surface area contributed by atoms with Crippen molar-refractivity contribution >= 4 is 11.6 Å². The summed E-state index contributed by atoms with van der Waals surface area (Å²) in [6.07, 6.45) is 0.372. The molecule has 1 saturated heterocycles. The molecule has 3 N–H and O–H groups in total. The summed E-state index contributed by atoms with van der Waals surface area (Å²) in [5.74, 6) is -0.373. The van der Waals surface area contributed by atoms with E-state index in [2.05, 4.69) is 5.32 Å². The number of carbonyl (C=O) groups is 1. The second-order valence-electron chi connectivity index (χ2n) is 6.03. The van der Waals surface area contributed by atoms with E-state index in [0.29, 0.717) is 19.6 Å². The molecule has 2 atom stereocenters. The summed E-state index contributed by atoms with van der Waals surface area (Å²) >= 11 is 0. The smallest absolute Gasteiger partial charge is 0.220 e. The van der Waals surface area contributed by atoms with E-state index in [4.69, 9.17) is 15.2 Å². The third-order valence-electron chi connectivity index (χ3n) is 3.59. The Hall–Kier alpha value is -1.59. The minimum Gasteiger partial charge on any atom is -0.399 e. The number of nitrogen functional groups attached to an aromatic ring is 1. The van der Waals surface area contributed by atoms with Crippen LogP contribution in [-0.4, -0.2) is 30.9 Å². The average molecular weight is 292 g/mol. The summed E-state index contributed by atoms with van der Waals surface area (Å²) in [5, 5.41) is 2.91. The molecule has 1 aliphatic rings. The maximum absolute atomic E-state index is 12.0. The number of hydrogen-bond donors (Lipinski definition) is 2. The lowest BCUT2D eigenvalue weighted by Gasteiger charge is -2.17. The van der Waals surface area contributed by atoms with Crippen LogP contribution in [0.4, 0.5) is 5.69 Å². The second-order valence-corrected chi connectivity index (χ2v) is 6.03. The van der Waals surface area contributed by atoms with Crippen molar-refractivity contribution in [3.63, 3.8) is 0 Å². The van der Waals surface area contributed by atoms with Gasteiger partial charge < -0.3 is 20.5 Å². The molecular weight excluding hydrogens is 268 g/mol. The Morgan fingerprint density at radius 2 is 2.10 bits per heavy atom. The van der Waals surface area contributed by atoms with Gasteiger partial charge >= 0.3 is 0 Å². The SMILES string of the molecule is CC(CC(=O)NCC1COC(C)(C)O1)c1ccc(N)cc1. The van der Waals surface area contributed by atoms with Crippen LogP contribution < -0.4 is 11.1 Å². The highest BCUT2D eigenvalue weighted by molar-refractivity contribution is 5.76. The van der Waals surface area contributed by atoms with Crippen LogP contribution >= 0.6 is 0 Å². The topological polar surface area (TPSA) is 73.6 Å². The molecular formula is C16H24N2O3. The summed E-state index contributed by atoms with van der Waals surface area (Å²) in [4.78, 5) is 12.0. The molecule has 0 radical (unpaired) electrons. The lowest BCUT2D eigenvalue weighted by molar-refractivity contribution is -0.139. The number of amides is 1. The van der Waals surface area contributed by atoms with Crippen LogP contribution in [0.1, 0.15) is 38.7 Å². The average Bonchev–Trinajstić information content (AvgIpc) is 2.77. The van der Waals surface area contributed by atoms with E-state index >= 15 is 0 Å².